The van der Waals surface area contributed by atoms with Crippen LogP contribution in [0.25, 0.3) is 0 Å². The normalized spacial score (nSPS) is 23.2. The molecule has 2 heterocycles. The number of methoxy groups -OCH3 is 1. The van der Waals surface area contributed by atoms with E-state index in [2.05, 4.69) is 21.3 Å². The van der Waals surface area contributed by atoms with Crippen LogP contribution in [-0.4, -0.2) is 78.6 Å². The maximum absolute atomic E-state index is 14.0. The number of carbonyl (C=O) groups excluding carboxylic acids is 4. The molecule has 0 aromatic heterocycles. The quantitative estimate of drug-likeness (QED) is 0.273. The smallest absolute Gasteiger partial charge is 0.315 e. The van der Waals surface area contributed by atoms with Gasteiger partial charge in [-0.3, -0.25) is 14.4 Å². The van der Waals surface area contributed by atoms with Crippen LogP contribution in [0.1, 0.15) is 71.8 Å². The zero-order valence-corrected chi connectivity index (χ0v) is 25.1. The Balaban J connectivity index is 1.67. The number of carbonyl (C=O) groups is 4. The summed E-state index contributed by atoms with van der Waals surface area (Å²) in [7, 11) is 1.62. The monoisotopic (exact) mass is 572 g/mol. The summed E-state index contributed by atoms with van der Waals surface area (Å²) in [5.41, 5.74) is 6.69. The fourth-order valence-corrected chi connectivity index (χ4v) is 5.62. The van der Waals surface area contributed by atoms with Gasteiger partial charge in [0, 0.05) is 24.7 Å². The minimum Gasteiger partial charge on any atom is -0.497 e. The van der Waals surface area contributed by atoms with Crippen molar-refractivity contribution in [2.45, 2.75) is 102 Å². The number of hydrogen-bond acceptors (Lipinski definition) is 6. The SMILES string of the molecule is CC[C@H](N)C(=O)N[C@@H]1C(=O)N2[C@@H](CC[C@@H]1CCNC(=O)NC(C)(C)C)CC[C@H]2C(=O)NCCc1ccc(OC)cc1. The van der Waals surface area contributed by atoms with Gasteiger partial charge in [-0.15, -0.1) is 0 Å². The van der Waals surface area contributed by atoms with Crippen molar-refractivity contribution in [3.63, 3.8) is 0 Å². The Kier molecular flexibility index (Phi) is 11.4. The van der Waals surface area contributed by atoms with Crippen LogP contribution in [0.4, 0.5) is 4.79 Å². The first kappa shape index (κ1) is 32.2. The third-order valence-corrected chi connectivity index (χ3v) is 7.90. The average Bonchev–Trinajstić information content (AvgIpc) is 3.31. The van der Waals surface area contributed by atoms with Crippen LogP contribution in [0.5, 0.6) is 5.75 Å². The molecule has 3 rings (SSSR count). The molecule has 6 N–H and O–H groups in total. The topological polar surface area (TPSA) is 155 Å². The molecular formula is C30H48N6O5. The van der Waals surface area contributed by atoms with Crippen LogP contribution < -0.4 is 31.7 Å². The second-order valence-electron chi connectivity index (χ2n) is 12.1. The van der Waals surface area contributed by atoms with E-state index in [0.29, 0.717) is 45.2 Å². The van der Waals surface area contributed by atoms with Crippen molar-refractivity contribution in [1.29, 1.82) is 0 Å². The van der Waals surface area contributed by atoms with E-state index in [-0.39, 0.29) is 41.3 Å². The third kappa shape index (κ3) is 9.08. The van der Waals surface area contributed by atoms with Crippen LogP contribution in [0.2, 0.25) is 0 Å². The number of ether oxygens (including phenoxy) is 1. The zero-order chi connectivity index (χ0) is 30.2. The maximum Gasteiger partial charge on any atom is 0.315 e. The van der Waals surface area contributed by atoms with E-state index < -0.39 is 18.1 Å². The Morgan fingerprint density at radius 2 is 1.73 bits per heavy atom. The number of rotatable bonds is 11. The van der Waals surface area contributed by atoms with Gasteiger partial charge in [0.15, 0.2) is 0 Å². The lowest BCUT2D eigenvalue weighted by molar-refractivity contribution is -0.143. The second kappa shape index (κ2) is 14.5. The molecule has 11 nitrogen and oxygen atoms in total. The van der Waals surface area contributed by atoms with Crippen LogP contribution in [0.3, 0.4) is 0 Å². The predicted molar refractivity (Wildman–Crippen MR) is 157 cm³/mol. The molecule has 0 bridgehead atoms. The molecule has 5 atom stereocenters. The van der Waals surface area contributed by atoms with Crippen molar-refractivity contribution < 1.29 is 23.9 Å². The molecular weight excluding hydrogens is 524 g/mol. The molecule has 0 radical (unpaired) electrons. The van der Waals surface area contributed by atoms with E-state index in [1.807, 2.05) is 52.0 Å². The Morgan fingerprint density at radius 3 is 2.37 bits per heavy atom. The fraction of sp³-hybridized carbons (Fsp3) is 0.667. The van der Waals surface area contributed by atoms with Gasteiger partial charge in [-0.2, -0.15) is 0 Å². The third-order valence-electron chi connectivity index (χ3n) is 7.90. The maximum atomic E-state index is 14.0. The van der Waals surface area contributed by atoms with Crippen molar-refractivity contribution in [2.24, 2.45) is 11.7 Å². The van der Waals surface area contributed by atoms with E-state index in [9.17, 15) is 19.2 Å². The van der Waals surface area contributed by atoms with Crippen molar-refractivity contribution in [3.8, 4) is 5.75 Å². The summed E-state index contributed by atoms with van der Waals surface area (Å²) in [6.07, 6.45) is 4.34. The molecule has 2 aliphatic rings. The molecule has 0 aliphatic carbocycles. The van der Waals surface area contributed by atoms with Gasteiger partial charge in [0.05, 0.1) is 13.2 Å². The number of nitrogens with two attached hydrogens (primary N) is 1. The van der Waals surface area contributed by atoms with Crippen molar-refractivity contribution in [1.82, 2.24) is 26.2 Å². The zero-order valence-electron chi connectivity index (χ0n) is 25.1. The highest BCUT2D eigenvalue weighted by molar-refractivity contribution is 5.94. The van der Waals surface area contributed by atoms with E-state index in [1.54, 1.807) is 12.0 Å². The summed E-state index contributed by atoms with van der Waals surface area (Å²) in [6, 6.07) is 5.22. The van der Waals surface area contributed by atoms with Crippen LogP contribution >= 0.6 is 0 Å². The van der Waals surface area contributed by atoms with Gasteiger partial charge < -0.3 is 36.6 Å². The molecule has 228 valence electrons. The molecule has 1 aromatic carbocycles. The van der Waals surface area contributed by atoms with Gasteiger partial charge in [0.1, 0.15) is 17.8 Å². The van der Waals surface area contributed by atoms with Crippen molar-refractivity contribution >= 4 is 23.8 Å². The molecule has 41 heavy (non-hydrogen) atoms. The largest absolute Gasteiger partial charge is 0.497 e. The average molecular weight is 573 g/mol. The number of nitrogens with zero attached hydrogens (tertiary/aromatic N) is 1. The number of hydrogen-bond donors (Lipinski definition) is 5. The molecule has 2 saturated heterocycles. The highest BCUT2D eigenvalue weighted by atomic mass is 16.5. The Hall–Kier alpha value is -3.34. The molecule has 5 amide bonds. The second-order valence-corrected chi connectivity index (χ2v) is 12.1. The highest BCUT2D eigenvalue weighted by Crippen LogP contribution is 2.35. The van der Waals surface area contributed by atoms with Crippen molar-refractivity contribution in [2.75, 3.05) is 20.2 Å². The Labute approximate surface area is 243 Å². The van der Waals surface area contributed by atoms with E-state index in [1.165, 1.54) is 0 Å². The first-order valence-electron chi connectivity index (χ1n) is 14.8. The number of nitrogens with one attached hydrogen (secondary N) is 4. The first-order chi connectivity index (χ1) is 19.4. The summed E-state index contributed by atoms with van der Waals surface area (Å²) in [5, 5.41) is 11.6. The lowest BCUT2D eigenvalue weighted by Gasteiger charge is -2.32. The Bertz CT molecular complexity index is 1060. The van der Waals surface area contributed by atoms with Crippen LogP contribution in [0.15, 0.2) is 24.3 Å². The van der Waals surface area contributed by atoms with Crippen molar-refractivity contribution in [3.05, 3.63) is 29.8 Å². The van der Waals surface area contributed by atoms with Gasteiger partial charge in [-0.05, 0) is 89.3 Å². The standard InChI is InChI=1S/C30H48N6O5/c1-6-23(31)26(37)34-25-20(16-18-33-29(40)35-30(2,3)4)9-10-21-11-14-24(36(21)28(25)39)27(38)32-17-15-19-7-12-22(41-5)13-8-19/h7-8,12-13,20-21,23-25H,6,9-11,14-18,31H2,1-5H3,(H,32,38)(H,34,37)(H2,33,35,40)/t20-,21+,23+,24+,25+/m1/s1. The molecule has 2 aliphatic heterocycles. The minimum atomic E-state index is -0.815. The van der Waals surface area contributed by atoms with Gasteiger partial charge in [-0.1, -0.05) is 19.1 Å². The van der Waals surface area contributed by atoms with Crippen LogP contribution in [-0.2, 0) is 20.8 Å². The molecule has 0 spiro atoms. The highest BCUT2D eigenvalue weighted by Gasteiger charge is 2.47. The molecule has 2 fully saturated rings. The molecule has 11 heteroatoms. The summed E-state index contributed by atoms with van der Waals surface area (Å²) in [6.45, 7) is 8.32. The lowest BCUT2D eigenvalue weighted by Crippen LogP contribution is -2.58. The minimum absolute atomic E-state index is 0.0683. The van der Waals surface area contributed by atoms with E-state index in [0.717, 1.165) is 24.2 Å². The molecule has 0 saturated carbocycles. The van der Waals surface area contributed by atoms with E-state index >= 15 is 0 Å². The number of amides is 5. The number of fused-ring (bicyclic) bond motifs is 1. The van der Waals surface area contributed by atoms with Crippen LogP contribution in [0, 0.1) is 5.92 Å². The van der Waals surface area contributed by atoms with Gasteiger partial charge in [0.2, 0.25) is 17.7 Å². The van der Waals surface area contributed by atoms with Gasteiger partial charge >= 0.3 is 6.03 Å². The number of urea groups is 1. The van der Waals surface area contributed by atoms with E-state index in [4.69, 9.17) is 10.5 Å². The fourth-order valence-electron chi connectivity index (χ4n) is 5.62. The summed E-state index contributed by atoms with van der Waals surface area (Å²) < 4.78 is 5.20. The first-order valence-corrected chi connectivity index (χ1v) is 14.8. The molecule has 0 unspecified atom stereocenters. The lowest BCUT2D eigenvalue weighted by atomic mass is 9.90. The van der Waals surface area contributed by atoms with Gasteiger partial charge in [0.25, 0.3) is 0 Å². The number of benzene rings is 1. The summed E-state index contributed by atoms with van der Waals surface area (Å²) in [4.78, 5) is 54.1. The Morgan fingerprint density at radius 1 is 1.05 bits per heavy atom. The summed E-state index contributed by atoms with van der Waals surface area (Å²) >= 11 is 0. The molecule has 1 aromatic rings. The predicted octanol–water partition coefficient (Wildman–Crippen LogP) is 1.83. The summed E-state index contributed by atoms with van der Waals surface area (Å²) in [5.74, 6) is -0.231. The van der Waals surface area contributed by atoms with Gasteiger partial charge in [-0.25, -0.2) is 4.79 Å².